The second-order valence-electron chi connectivity index (χ2n) is 5.04. The lowest BCUT2D eigenvalue weighted by Gasteiger charge is -2.29. The van der Waals surface area contributed by atoms with Crippen molar-refractivity contribution >= 4 is 0 Å². The van der Waals surface area contributed by atoms with E-state index in [4.69, 9.17) is 5.26 Å². The summed E-state index contributed by atoms with van der Waals surface area (Å²) in [5.74, 6) is 0. The molecule has 2 rings (SSSR count). The topological polar surface area (TPSA) is 39.9 Å². The van der Waals surface area contributed by atoms with Gasteiger partial charge in [0, 0.05) is 18.8 Å². The summed E-state index contributed by atoms with van der Waals surface area (Å²) in [7, 11) is 0. The van der Waals surface area contributed by atoms with Crippen LogP contribution in [0.2, 0.25) is 0 Å². The summed E-state index contributed by atoms with van der Waals surface area (Å²) in [6.45, 7) is 4.41. The smallest absolute Gasteiger partial charge is 0.140 e. The van der Waals surface area contributed by atoms with E-state index in [0.29, 0.717) is 11.7 Å². The molecule has 0 N–H and O–H groups in total. The molecule has 1 aromatic heterocycles. The average Bonchev–Trinajstić information content (AvgIpc) is 2.64. The van der Waals surface area contributed by atoms with Crippen LogP contribution in [0.15, 0.2) is 18.3 Å². The molecule has 0 aliphatic carbocycles. The summed E-state index contributed by atoms with van der Waals surface area (Å²) >= 11 is 0. The molecule has 0 bridgehead atoms. The van der Waals surface area contributed by atoms with Crippen molar-refractivity contribution in [3.63, 3.8) is 0 Å². The number of pyridine rings is 1. The van der Waals surface area contributed by atoms with Crippen molar-refractivity contribution in [1.82, 2.24) is 9.88 Å². The monoisotopic (exact) mass is 243 g/mol. The number of nitrogens with zero attached hydrogens (tertiary/aromatic N) is 3. The molecule has 3 nitrogen and oxygen atoms in total. The highest BCUT2D eigenvalue weighted by molar-refractivity contribution is 5.25. The van der Waals surface area contributed by atoms with Crippen LogP contribution in [-0.2, 0) is 6.54 Å². The van der Waals surface area contributed by atoms with Crippen LogP contribution in [0.1, 0.15) is 50.3 Å². The van der Waals surface area contributed by atoms with E-state index in [0.717, 1.165) is 6.54 Å². The largest absolute Gasteiger partial charge is 0.296 e. The Morgan fingerprint density at radius 2 is 2.33 bits per heavy atom. The SMILES string of the molecule is CCC1CCCCCN1Cc1ccnc(C#N)c1. The van der Waals surface area contributed by atoms with E-state index < -0.39 is 0 Å². The molecule has 1 aromatic rings. The first-order valence-electron chi connectivity index (χ1n) is 6.92. The van der Waals surface area contributed by atoms with Gasteiger partial charge < -0.3 is 0 Å². The molecular formula is C15H21N3. The quantitative estimate of drug-likeness (QED) is 0.819. The highest BCUT2D eigenvalue weighted by atomic mass is 15.2. The van der Waals surface area contributed by atoms with Gasteiger partial charge in [-0.25, -0.2) is 4.98 Å². The van der Waals surface area contributed by atoms with E-state index in [9.17, 15) is 0 Å². The Morgan fingerprint density at radius 1 is 1.44 bits per heavy atom. The van der Waals surface area contributed by atoms with Crippen LogP contribution < -0.4 is 0 Å². The van der Waals surface area contributed by atoms with Crippen LogP contribution >= 0.6 is 0 Å². The van der Waals surface area contributed by atoms with Crippen LogP contribution in [0, 0.1) is 11.3 Å². The van der Waals surface area contributed by atoms with E-state index in [2.05, 4.69) is 22.9 Å². The normalized spacial score (nSPS) is 21.2. The maximum atomic E-state index is 8.88. The zero-order valence-electron chi connectivity index (χ0n) is 11.1. The highest BCUT2D eigenvalue weighted by Gasteiger charge is 2.19. The van der Waals surface area contributed by atoms with Gasteiger partial charge in [0.15, 0.2) is 0 Å². The summed E-state index contributed by atoms with van der Waals surface area (Å²) in [6, 6.07) is 6.75. The van der Waals surface area contributed by atoms with E-state index in [1.807, 2.05) is 12.1 Å². The minimum atomic E-state index is 0.523. The first kappa shape index (κ1) is 13.0. The Labute approximate surface area is 109 Å². The van der Waals surface area contributed by atoms with Gasteiger partial charge in [0.25, 0.3) is 0 Å². The first-order chi connectivity index (χ1) is 8.83. The van der Waals surface area contributed by atoms with Gasteiger partial charge in [0.1, 0.15) is 11.8 Å². The molecule has 0 spiro atoms. The lowest BCUT2D eigenvalue weighted by molar-refractivity contribution is 0.186. The van der Waals surface area contributed by atoms with E-state index in [-0.39, 0.29) is 0 Å². The Hall–Kier alpha value is -1.40. The molecule has 3 heteroatoms. The van der Waals surface area contributed by atoms with E-state index >= 15 is 0 Å². The van der Waals surface area contributed by atoms with Crippen LogP contribution in [0.5, 0.6) is 0 Å². The van der Waals surface area contributed by atoms with Gasteiger partial charge >= 0.3 is 0 Å². The van der Waals surface area contributed by atoms with Gasteiger partial charge in [0.2, 0.25) is 0 Å². The van der Waals surface area contributed by atoms with Gasteiger partial charge in [0.05, 0.1) is 0 Å². The summed E-state index contributed by atoms with van der Waals surface area (Å²) in [5.41, 5.74) is 1.73. The number of hydrogen-bond donors (Lipinski definition) is 0. The van der Waals surface area contributed by atoms with Crippen LogP contribution in [-0.4, -0.2) is 22.5 Å². The predicted molar refractivity (Wildman–Crippen MR) is 71.9 cm³/mol. The summed E-state index contributed by atoms with van der Waals surface area (Å²) in [5, 5.41) is 8.88. The molecule has 1 saturated heterocycles. The summed E-state index contributed by atoms with van der Waals surface area (Å²) < 4.78 is 0. The average molecular weight is 243 g/mol. The van der Waals surface area contributed by atoms with Gasteiger partial charge in [-0.1, -0.05) is 19.8 Å². The molecule has 1 aliphatic rings. The highest BCUT2D eigenvalue weighted by Crippen LogP contribution is 2.21. The van der Waals surface area contributed by atoms with Crippen molar-refractivity contribution in [2.75, 3.05) is 6.54 Å². The number of nitriles is 1. The zero-order chi connectivity index (χ0) is 12.8. The Balaban J connectivity index is 2.07. The molecule has 0 amide bonds. The van der Waals surface area contributed by atoms with Gasteiger partial charge in [-0.3, -0.25) is 4.90 Å². The Bertz CT molecular complexity index is 422. The third kappa shape index (κ3) is 3.30. The molecule has 1 unspecified atom stereocenters. The maximum absolute atomic E-state index is 8.88. The lowest BCUT2D eigenvalue weighted by Crippen LogP contribution is -2.33. The fraction of sp³-hybridized carbons (Fsp3) is 0.600. The molecule has 1 fully saturated rings. The number of aromatic nitrogens is 1. The molecule has 0 aromatic carbocycles. The van der Waals surface area contributed by atoms with E-state index in [1.54, 1.807) is 6.20 Å². The van der Waals surface area contributed by atoms with Gasteiger partial charge in [-0.15, -0.1) is 0 Å². The molecular weight excluding hydrogens is 222 g/mol. The third-order valence-corrected chi connectivity index (χ3v) is 3.79. The molecule has 0 radical (unpaired) electrons. The standard InChI is InChI=1S/C15H21N3/c1-2-15-6-4-3-5-9-18(15)12-13-7-8-17-14(10-13)11-16/h7-8,10,15H,2-6,9,12H2,1H3. The molecule has 1 atom stereocenters. The molecule has 96 valence electrons. The number of likely N-dealkylation sites (tertiary alicyclic amines) is 1. The fourth-order valence-corrected chi connectivity index (χ4v) is 2.78. The van der Waals surface area contributed by atoms with Gasteiger partial charge in [-0.2, -0.15) is 5.26 Å². The Morgan fingerprint density at radius 3 is 3.11 bits per heavy atom. The van der Waals surface area contributed by atoms with Crippen molar-refractivity contribution in [2.45, 2.75) is 51.6 Å². The van der Waals surface area contributed by atoms with Crippen molar-refractivity contribution < 1.29 is 0 Å². The zero-order valence-corrected chi connectivity index (χ0v) is 11.1. The molecule has 1 aliphatic heterocycles. The van der Waals surface area contributed by atoms with Crippen LogP contribution in [0.4, 0.5) is 0 Å². The second-order valence-corrected chi connectivity index (χ2v) is 5.04. The van der Waals surface area contributed by atoms with Crippen molar-refractivity contribution in [3.05, 3.63) is 29.6 Å². The second kappa shape index (κ2) is 6.51. The fourth-order valence-electron chi connectivity index (χ4n) is 2.78. The molecule has 2 heterocycles. The number of hydrogen-bond acceptors (Lipinski definition) is 3. The van der Waals surface area contributed by atoms with Gasteiger partial charge in [-0.05, 0) is 43.5 Å². The van der Waals surface area contributed by atoms with Crippen molar-refractivity contribution in [3.8, 4) is 6.07 Å². The van der Waals surface area contributed by atoms with Crippen molar-refractivity contribution in [1.29, 1.82) is 5.26 Å². The predicted octanol–water partition coefficient (Wildman–Crippen LogP) is 3.11. The van der Waals surface area contributed by atoms with E-state index in [1.165, 1.54) is 44.2 Å². The maximum Gasteiger partial charge on any atom is 0.140 e. The third-order valence-electron chi connectivity index (χ3n) is 3.79. The number of rotatable bonds is 3. The summed E-state index contributed by atoms with van der Waals surface area (Å²) in [6.07, 6.45) is 8.28. The lowest BCUT2D eigenvalue weighted by atomic mass is 10.1. The first-order valence-corrected chi connectivity index (χ1v) is 6.92. The summed E-state index contributed by atoms with van der Waals surface area (Å²) in [4.78, 5) is 6.60. The minimum absolute atomic E-state index is 0.523. The molecule has 0 saturated carbocycles. The van der Waals surface area contributed by atoms with Crippen LogP contribution in [0.3, 0.4) is 0 Å². The molecule has 18 heavy (non-hydrogen) atoms. The minimum Gasteiger partial charge on any atom is -0.296 e. The van der Waals surface area contributed by atoms with Crippen LogP contribution in [0.25, 0.3) is 0 Å². The van der Waals surface area contributed by atoms with Crippen molar-refractivity contribution in [2.24, 2.45) is 0 Å². The Kier molecular flexibility index (Phi) is 4.72.